The Labute approximate surface area is 215 Å². The first-order chi connectivity index (χ1) is 15.6. The van der Waals surface area contributed by atoms with Crippen molar-refractivity contribution in [2.75, 3.05) is 6.54 Å². The molecule has 2 aromatic heterocycles. The van der Waals surface area contributed by atoms with Crippen LogP contribution < -0.4 is 0 Å². The van der Waals surface area contributed by atoms with Crippen LogP contribution in [0.1, 0.15) is 49.3 Å². The van der Waals surface area contributed by atoms with Gasteiger partial charge in [0.05, 0.1) is 0 Å². The van der Waals surface area contributed by atoms with E-state index >= 15 is 0 Å². The Morgan fingerprint density at radius 2 is 1.82 bits per heavy atom. The average molecular weight is 636 g/mol. The van der Waals surface area contributed by atoms with Crippen molar-refractivity contribution in [3.05, 3.63) is 83.6 Å². The molecule has 0 aliphatic carbocycles. The number of fused-ring (bicyclic) bond motifs is 1. The third kappa shape index (κ3) is 8.19. The van der Waals surface area contributed by atoms with Crippen LogP contribution in [0.25, 0.3) is 20.7 Å². The van der Waals surface area contributed by atoms with Crippen LogP contribution in [-0.4, -0.2) is 22.8 Å². The Hall–Kier alpha value is -2.33. The van der Waals surface area contributed by atoms with Crippen LogP contribution in [0.5, 0.6) is 5.75 Å². The topological polar surface area (TPSA) is 45.5 Å². The molecule has 0 bridgehead atoms. The summed E-state index contributed by atoms with van der Waals surface area (Å²) >= 11 is 1.73. The summed E-state index contributed by atoms with van der Waals surface area (Å²) in [6.45, 7) is 7.01. The predicted molar refractivity (Wildman–Crippen MR) is 138 cm³/mol. The van der Waals surface area contributed by atoms with Gasteiger partial charge in [-0.3, -0.25) is 4.99 Å². The van der Waals surface area contributed by atoms with Crippen LogP contribution in [0.2, 0.25) is 0 Å². The fraction of sp³-hybridized carbons (Fsp3) is 0.286. The molecule has 4 aromatic rings. The summed E-state index contributed by atoms with van der Waals surface area (Å²) in [5.41, 5.74) is 3.90. The standard InChI is InChI=1S/C15H23NO.C13H8NS.Ir/c1-4-5-6-7-8-16-11-14-10-12(2)9-13(3)15(14)17;1-2-7-12-10(5-1)9-13(15-12)11-6-3-4-8-14-11;/h9-11,17H,4-8H2,1-3H3;1-8H;/q;-1;. The number of thiophene rings is 1. The average Bonchev–Trinajstić information content (AvgIpc) is 3.25. The van der Waals surface area contributed by atoms with E-state index in [0.29, 0.717) is 5.75 Å². The molecule has 0 amide bonds. The minimum atomic E-state index is 0. The Bertz CT molecular complexity index is 1120. The molecule has 0 fully saturated rings. The minimum absolute atomic E-state index is 0. The van der Waals surface area contributed by atoms with Crippen LogP contribution >= 0.6 is 11.3 Å². The molecular weight excluding hydrogens is 605 g/mol. The number of phenolic OH excluding ortho intramolecular Hbond substituents is 1. The van der Waals surface area contributed by atoms with Gasteiger partial charge in [0.1, 0.15) is 5.75 Å². The van der Waals surface area contributed by atoms with Crippen LogP contribution in [0.3, 0.4) is 0 Å². The first-order valence-electron chi connectivity index (χ1n) is 11.2. The third-order valence-corrected chi connectivity index (χ3v) is 6.18. The maximum atomic E-state index is 9.87. The number of hydrogen-bond donors (Lipinski definition) is 1. The normalized spacial score (nSPS) is 10.6. The van der Waals surface area contributed by atoms with Gasteiger partial charge < -0.3 is 10.1 Å². The minimum Gasteiger partial charge on any atom is -0.507 e. The summed E-state index contributed by atoms with van der Waals surface area (Å²) in [7, 11) is 0. The number of hydrogen-bond acceptors (Lipinski definition) is 4. The van der Waals surface area contributed by atoms with Crippen molar-refractivity contribution in [3.63, 3.8) is 0 Å². The van der Waals surface area contributed by atoms with Crippen LogP contribution in [-0.2, 0) is 20.1 Å². The van der Waals surface area contributed by atoms with Crippen LogP contribution in [0.15, 0.2) is 65.8 Å². The van der Waals surface area contributed by atoms with E-state index in [1.807, 2.05) is 56.4 Å². The number of aromatic nitrogens is 1. The first-order valence-corrected chi connectivity index (χ1v) is 12.0. The smallest absolute Gasteiger partial charge is 0.127 e. The molecule has 4 rings (SSSR count). The number of unbranched alkanes of at least 4 members (excludes halogenated alkanes) is 3. The van der Waals surface area contributed by atoms with Gasteiger partial charge in [0.2, 0.25) is 0 Å². The fourth-order valence-electron chi connectivity index (χ4n) is 3.41. The Morgan fingerprint density at radius 3 is 2.55 bits per heavy atom. The maximum Gasteiger partial charge on any atom is 0.127 e. The number of nitrogens with zero attached hydrogens (tertiary/aromatic N) is 2. The van der Waals surface area contributed by atoms with Crippen molar-refractivity contribution in [2.45, 2.75) is 46.5 Å². The zero-order chi connectivity index (χ0) is 22.8. The monoisotopic (exact) mass is 636 g/mol. The number of rotatable bonds is 7. The Balaban J connectivity index is 0.000000227. The molecule has 5 heteroatoms. The number of aryl methyl sites for hydroxylation is 2. The molecule has 0 saturated heterocycles. The van der Waals surface area contributed by atoms with E-state index < -0.39 is 0 Å². The van der Waals surface area contributed by atoms with E-state index in [2.05, 4.69) is 41.2 Å². The number of aliphatic imine (C=N–C) groups is 1. The summed E-state index contributed by atoms with van der Waals surface area (Å²) in [6, 6.07) is 21.5. The zero-order valence-corrected chi connectivity index (χ0v) is 22.7. The SMILES string of the molecule is CCCCCCN=Cc1cc(C)cc(C)c1O.[Ir].[c-]1c(-c2ccccn2)sc2ccccc12. The molecule has 2 aromatic carbocycles. The largest absolute Gasteiger partial charge is 0.507 e. The zero-order valence-electron chi connectivity index (χ0n) is 19.5. The van der Waals surface area contributed by atoms with Crippen LogP contribution in [0, 0.1) is 19.9 Å². The molecule has 1 N–H and O–H groups in total. The Kier molecular flexibility index (Phi) is 11.5. The summed E-state index contributed by atoms with van der Waals surface area (Å²) < 4.78 is 1.26. The van der Waals surface area contributed by atoms with Gasteiger partial charge >= 0.3 is 0 Å². The molecule has 0 aliphatic heterocycles. The number of aromatic hydroxyl groups is 1. The van der Waals surface area contributed by atoms with E-state index in [0.717, 1.165) is 40.2 Å². The van der Waals surface area contributed by atoms with Crippen molar-refractivity contribution in [1.82, 2.24) is 4.98 Å². The van der Waals surface area contributed by atoms with E-state index in [-0.39, 0.29) is 20.1 Å². The van der Waals surface area contributed by atoms with E-state index in [1.54, 1.807) is 17.6 Å². The van der Waals surface area contributed by atoms with Crippen molar-refractivity contribution in [3.8, 4) is 16.3 Å². The van der Waals surface area contributed by atoms with Gasteiger partial charge in [-0.2, -0.15) is 0 Å². The summed E-state index contributed by atoms with van der Waals surface area (Å²) in [4.78, 5) is 9.80. The second-order valence-corrected chi connectivity index (χ2v) is 8.94. The summed E-state index contributed by atoms with van der Waals surface area (Å²) in [5, 5.41) is 11.0. The fourth-order valence-corrected chi connectivity index (χ4v) is 4.40. The van der Waals surface area contributed by atoms with E-state index in [9.17, 15) is 5.11 Å². The summed E-state index contributed by atoms with van der Waals surface area (Å²) in [6.07, 6.45) is 8.52. The van der Waals surface area contributed by atoms with Crippen molar-refractivity contribution in [1.29, 1.82) is 0 Å². The maximum absolute atomic E-state index is 9.87. The molecule has 0 spiro atoms. The second-order valence-electron chi connectivity index (χ2n) is 7.88. The molecule has 0 atom stereocenters. The van der Waals surface area contributed by atoms with E-state index in [4.69, 9.17) is 0 Å². The van der Waals surface area contributed by atoms with Gasteiger partial charge in [0, 0.05) is 50.3 Å². The molecular formula is C28H31IrN2OS-. The van der Waals surface area contributed by atoms with Crippen molar-refractivity contribution >= 4 is 27.6 Å². The Morgan fingerprint density at radius 1 is 1.03 bits per heavy atom. The van der Waals surface area contributed by atoms with Gasteiger partial charge in [-0.1, -0.05) is 56.5 Å². The predicted octanol–water partition coefficient (Wildman–Crippen LogP) is 7.77. The summed E-state index contributed by atoms with van der Waals surface area (Å²) in [5.74, 6) is 0.355. The molecule has 0 aliphatic rings. The number of phenols is 1. The molecule has 3 nitrogen and oxygen atoms in total. The second kappa shape index (κ2) is 14.0. The number of benzene rings is 2. The van der Waals surface area contributed by atoms with Crippen LogP contribution in [0.4, 0.5) is 0 Å². The van der Waals surface area contributed by atoms with Gasteiger partial charge in [0.25, 0.3) is 0 Å². The molecule has 33 heavy (non-hydrogen) atoms. The van der Waals surface area contributed by atoms with Crippen molar-refractivity contribution < 1.29 is 25.2 Å². The van der Waals surface area contributed by atoms with Crippen molar-refractivity contribution in [2.24, 2.45) is 4.99 Å². The molecule has 175 valence electrons. The third-order valence-electron chi connectivity index (χ3n) is 5.09. The molecule has 0 unspecified atom stereocenters. The molecule has 1 radical (unpaired) electrons. The van der Waals surface area contributed by atoms with Gasteiger partial charge in [-0.05, 0) is 53.1 Å². The molecule has 0 saturated carbocycles. The van der Waals surface area contributed by atoms with Gasteiger partial charge in [-0.15, -0.1) is 23.6 Å². The quantitative estimate of drug-likeness (QED) is 0.128. The molecule has 2 heterocycles. The van der Waals surface area contributed by atoms with Gasteiger partial charge in [-0.25, -0.2) is 11.3 Å². The first kappa shape index (κ1) is 26.9. The van der Waals surface area contributed by atoms with E-state index in [1.165, 1.54) is 29.3 Å². The number of pyridine rings is 1. The van der Waals surface area contributed by atoms with Gasteiger partial charge in [0.15, 0.2) is 0 Å².